The zero-order valence-corrected chi connectivity index (χ0v) is 19.7. The number of rotatable bonds is 9. The molecule has 5 rings (SSSR count). The lowest BCUT2D eigenvalue weighted by molar-refractivity contribution is 0.174. The minimum absolute atomic E-state index is 0.124. The number of anilines is 1. The Labute approximate surface area is 196 Å². The molecule has 1 aliphatic heterocycles. The summed E-state index contributed by atoms with van der Waals surface area (Å²) in [6, 6.07) is 5.26. The van der Waals surface area contributed by atoms with Crippen molar-refractivity contribution in [2.24, 2.45) is 0 Å². The van der Waals surface area contributed by atoms with Gasteiger partial charge in [-0.25, -0.2) is 23.4 Å². The summed E-state index contributed by atoms with van der Waals surface area (Å²) < 4.78 is 50.9. The van der Waals surface area contributed by atoms with E-state index in [1.165, 1.54) is 17.7 Å². The standard InChI is InChI=1S/C19H17BrN4O6S2/c20-15-8-21-19(31-15)28-6-5-27-18-16(11-1-4-13-14(7-11)30-10-29-13)17(22-9-23-18)24-32(25,26)12-2-3-12/h1,4,7-9,12H,2-3,5-6,10H2,(H,22,23,24). The first-order valence-electron chi connectivity index (χ1n) is 9.63. The van der Waals surface area contributed by atoms with E-state index in [0.717, 1.165) is 3.79 Å². The summed E-state index contributed by atoms with van der Waals surface area (Å²) >= 11 is 4.70. The Kier molecular flexibility index (Phi) is 5.78. The van der Waals surface area contributed by atoms with Crippen LogP contribution in [0.2, 0.25) is 0 Å². The summed E-state index contributed by atoms with van der Waals surface area (Å²) in [5, 5.41) is 0.106. The molecule has 0 radical (unpaired) electrons. The fourth-order valence-corrected chi connectivity index (χ4v) is 5.42. The number of fused-ring (bicyclic) bond motifs is 1. The molecule has 1 N–H and O–H groups in total. The van der Waals surface area contributed by atoms with Gasteiger partial charge in [0.1, 0.15) is 19.5 Å². The Hall–Kier alpha value is -2.64. The van der Waals surface area contributed by atoms with Crippen LogP contribution in [0.5, 0.6) is 22.6 Å². The van der Waals surface area contributed by atoms with E-state index in [9.17, 15) is 8.42 Å². The number of aromatic nitrogens is 3. The number of nitrogens with one attached hydrogen (secondary N) is 1. The maximum atomic E-state index is 12.6. The van der Waals surface area contributed by atoms with Gasteiger partial charge < -0.3 is 18.9 Å². The number of hydrogen-bond acceptors (Lipinski definition) is 10. The highest BCUT2D eigenvalue weighted by atomic mass is 79.9. The lowest BCUT2D eigenvalue weighted by Gasteiger charge is -2.15. The second-order valence-corrected chi connectivity index (χ2v) is 11.3. The largest absolute Gasteiger partial charge is 0.473 e. The van der Waals surface area contributed by atoms with Crippen molar-refractivity contribution in [3.63, 3.8) is 0 Å². The second-order valence-electron chi connectivity index (χ2n) is 6.94. The highest BCUT2D eigenvalue weighted by molar-refractivity contribution is 9.11. The molecule has 0 spiro atoms. The molecule has 1 aliphatic carbocycles. The molecule has 0 amide bonds. The third-order valence-electron chi connectivity index (χ3n) is 4.68. The van der Waals surface area contributed by atoms with Crippen molar-refractivity contribution >= 4 is 43.1 Å². The molecule has 10 nitrogen and oxygen atoms in total. The van der Waals surface area contributed by atoms with Crippen molar-refractivity contribution in [1.29, 1.82) is 0 Å². The fourth-order valence-electron chi connectivity index (χ4n) is 3.04. The lowest BCUT2D eigenvalue weighted by atomic mass is 10.1. The molecule has 3 aromatic rings. The van der Waals surface area contributed by atoms with Crippen LogP contribution in [0.15, 0.2) is 34.5 Å². The molecule has 2 aliphatic rings. The molecule has 1 saturated carbocycles. The van der Waals surface area contributed by atoms with Crippen LogP contribution in [0, 0.1) is 0 Å². The molecule has 0 atom stereocenters. The number of halogens is 1. The Morgan fingerprint density at radius 1 is 1.12 bits per heavy atom. The van der Waals surface area contributed by atoms with Gasteiger partial charge in [-0.1, -0.05) is 17.4 Å². The van der Waals surface area contributed by atoms with Crippen LogP contribution in [0.3, 0.4) is 0 Å². The van der Waals surface area contributed by atoms with Crippen molar-refractivity contribution in [2.75, 3.05) is 24.7 Å². The monoisotopic (exact) mass is 540 g/mol. The first-order chi connectivity index (χ1) is 15.5. The molecule has 168 valence electrons. The highest BCUT2D eigenvalue weighted by Crippen LogP contribution is 2.41. The predicted octanol–water partition coefficient (Wildman–Crippen LogP) is 3.45. The quantitative estimate of drug-likeness (QED) is 0.406. The first-order valence-corrected chi connectivity index (χ1v) is 12.8. The van der Waals surface area contributed by atoms with E-state index in [2.05, 4.69) is 35.6 Å². The summed E-state index contributed by atoms with van der Waals surface area (Å²) in [5.41, 5.74) is 1.04. The van der Waals surface area contributed by atoms with Crippen molar-refractivity contribution in [2.45, 2.75) is 18.1 Å². The van der Waals surface area contributed by atoms with Crippen molar-refractivity contribution in [3.05, 3.63) is 34.5 Å². The van der Waals surface area contributed by atoms with E-state index >= 15 is 0 Å². The van der Waals surface area contributed by atoms with Gasteiger partial charge in [-0.05, 0) is 46.5 Å². The molecule has 1 aromatic carbocycles. The Balaban J connectivity index is 1.42. The third-order valence-corrected chi connectivity index (χ3v) is 7.90. The molecular formula is C19H17BrN4O6S2. The van der Waals surface area contributed by atoms with Gasteiger partial charge in [0.05, 0.1) is 20.8 Å². The van der Waals surface area contributed by atoms with E-state index in [1.807, 2.05) is 0 Å². The summed E-state index contributed by atoms with van der Waals surface area (Å²) in [6.45, 7) is 0.521. The normalized spacial score (nSPS) is 14.9. The molecule has 3 heterocycles. The maximum absolute atomic E-state index is 12.6. The van der Waals surface area contributed by atoms with Crippen LogP contribution in [-0.4, -0.2) is 48.6 Å². The summed E-state index contributed by atoms with van der Waals surface area (Å²) in [6.07, 6.45) is 4.18. The minimum atomic E-state index is -3.55. The van der Waals surface area contributed by atoms with Crippen LogP contribution >= 0.6 is 27.3 Å². The zero-order chi connectivity index (χ0) is 22.1. The molecule has 0 unspecified atom stereocenters. The van der Waals surface area contributed by atoms with E-state index < -0.39 is 15.3 Å². The second kappa shape index (κ2) is 8.71. The smallest absolute Gasteiger partial charge is 0.274 e. The molecule has 2 aromatic heterocycles. The molecule has 32 heavy (non-hydrogen) atoms. The SMILES string of the molecule is O=S(=O)(Nc1ncnc(OCCOc2ncc(Br)s2)c1-c1ccc2c(c1)OCO2)C1CC1. The number of benzene rings is 1. The Morgan fingerprint density at radius 2 is 1.94 bits per heavy atom. The number of thiazole rings is 1. The van der Waals surface area contributed by atoms with Gasteiger partial charge in [0.15, 0.2) is 17.3 Å². The Morgan fingerprint density at radius 3 is 2.72 bits per heavy atom. The van der Waals surface area contributed by atoms with Gasteiger partial charge >= 0.3 is 0 Å². The number of ether oxygens (including phenoxy) is 4. The van der Waals surface area contributed by atoms with Crippen LogP contribution in [0.1, 0.15) is 12.8 Å². The molecule has 13 heteroatoms. The maximum Gasteiger partial charge on any atom is 0.274 e. The van der Waals surface area contributed by atoms with Crippen molar-refractivity contribution in [3.8, 4) is 33.7 Å². The topological polar surface area (TPSA) is 122 Å². The fraction of sp³-hybridized carbons (Fsp3) is 0.316. The number of hydrogen-bond donors (Lipinski definition) is 1. The van der Waals surface area contributed by atoms with Crippen LogP contribution in [0.4, 0.5) is 5.82 Å². The van der Waals surface area contributed by atoms with E-state index in [4.69, 9.17) is 18.9 Å². The van der Waals surface area contributed by atoms with Gasteiger partial charge in [-0.15, -0.1) is 0 Å². The Bertz CT molecular complexity index is 1250. The minimum Gasteiger partial charge on any atom is -0.473 e. The first kappa shape index (κ1) is 21.2. The zero-order valence-electron chi connectivity index (χ0n) is 16.5. The van der Waals surface area contributed by atoms with Gasteiger partial charge in [0, 0.05) is 0 Å². The average Bonchev–Trinajstić information content (AvgIpc) is 3.41. The summed E-state index contributed by atoms with van der Waals surface area (Å²) in [5.74, 6) is 1.52. The van der Waals surface area contributed by atoms with Crippen LogP contribution in [-0.2, 0) is 10.0 Å². The van der Waals surface area contributed by atoms with E-state index in [0.29, 0.717) is 40.7 Å². The summed E-state index contributed by atoms with van der Waals surface area (Å²) in [4.78, 5) is 12.5. The van der Waals surface area contributed by atoms with Gasteiger partial charge in [-0.2, -0.15) is 0 Å². The lowest BCUT2D eigenvalue weighted by Crippen LogP contribution is -2.19. The van der Waals surface area contributed by atoms with E-state index in [1.54, 1.807) is 24.4 Å². The predicted molar refractivity (Wildman–Crippen MR) is 120 cm³/mol. The van der Waals surface area contributed by atoms with Gasteiger partial charge in [-0.3, -0.25) is 4.72 Å². The molecule has 0 saturated heterocycles. The number of sulfonamides is 1. The van der Waals surface area contributed by atoms with Gasteiger partial charge in [0.25, 0.3) is 5.19 Å². The summed E-state index contributed by atoms with van der Waals surface area (Å²) in [7, 11) is -3.55. The van der Waals surface area contributed by atoms with Crippen LogP contribution < -0.4 is 23.7 Å². The molecule has 0 bridgehead atoms. The van der Waals surface area contributed by atoms with Crippen molar-refractivity contribution < 1.29 is 27.4 Å². The van der Waals surface area contributed by atoms with Gasteiger partial charge in [0.2, 0.25) is 22.7 Å². The third kappa shape index (κ3) is 4.59. The average molecular weight is 541 g/mol. The molecular weight excluding hydrogens is 524 g/mol. The number of nitrogens with zero attached hydrogens (tertiary/aromatic N) is 3. The van der Waals surface area contributed by atoms with Crippen LogP contribution in [0.25, 0.3) is 11.1 Å². The van der Waals surface area contributed by atoms with Crippen molar-refractivity contribution in [1.82, 2.24) is 15.0 Å². The highest BCUT2D eigenvalue weighted by Gasteiger charge is 2.37. The molecule has 1 fully saturated rings. The van der Waals surface area contributed by atoms with E-state index in [-0.39, 0.29) is 31.7 Å².